The van der Waals surface area contributed by atoms with E-state index in [0.717, 1.165) is 12.8 Å². The molecule has 1 saturated heterocycles. The van der Waals surface area contributed by atoms with Crippen molar-refractivity contribution in [1.82, 2.24) is 0 Å². The van der Waals surface area contributed by atoms with Crippen LogP contribution in [0.1, 0.15) is 19.3 Å². The molecule has 1 fully saturated rings. The minimum Gasteiger partial charge on any atom is -0.437 e. The highest BCUT2D eigenvalue weighted by Gasteiger charge is 2.28. The molecule has 0 aromatic heterocycles. The van der Waals surface area contributed by atoms with E-state index < -0.39 is 18.9 Å². The van der Waals surface area contributed by atoms with Gasteiger partial charge in [0.25, 0.3) is 0 Å². The Hall–Kier alpha value is -0.650. The molecular weight excluding hydrogens is 176 g/mol. The summed E-state index contributed by atoms with van der Waals surface area (Å²) in [4.78, 5) is 11.1. The van der Waals surface area contributed by atoms with Crippen LogP contribution >= 0.6 is 0 Å². The van der Waals surface area contributed by atoms with E-state index in [4.69, 9.17) is 14.6 Å². The second kappa shape index (κ2) is 5.16. The minimum absolute atomic E-state index is 0.329. The summed E-state index contributed by atoms with van der Waals surface area (Å²) in [5.74, 6) is -0.524. The topological polar surface area (TPSA) is 65.0 Å². The molecule has 1 rings (SSSR count). The van der Waals surface area contributed by atoms with Crippen LogP contribution in [0.5, 0.6) is 0 Å². The Morgan fingerprint density at radius 1 is 1.62 bits per heavy atom. The van der Waals surface area contributed by atoms with Crippen molar-refractivity contribution in [1.29, 1.82) is 0 Å². The van der Waals surface area contributed by atoms with Crippen LogP contribution in [-0.2, 0) is 19.0 Å². The predicted octanol–water partition coefficient (Wildman–Crippen LogP) is 0.0210. The van der Waals surface area contributed by atoms with Gasteiger partial charge >= 0.3 is 5.97 Å². The fourth-order valence-electron chi connectivity index (χ4n) is 1.29. The molecule has 0 amide bonds. The van der Waals surface area contributed by atoms with Crippen LogP contribution in [0.2, 0.25) is 0 Å². The number of hydrogen-bond acceptors (Lipinski definition) is 5. The zero-order chi connectivity index (χ0) is 9.68. The van der Waals surface area contributed by atoms with Gasteiger partial charge in [0.05, 0.1) is 0 Å². The minimum atomic E-state index is -0.601. The third-order valence-corrected chi connectivity index (χ3v) is 1.95. The molecule has 2 atom stereocenters. The zero-order valence-corrected chi connectivity index (χ0v) is 7.56. The van der Waals surface area contributed by atoms with Gasteiger partial charge < -0.3 is 19.3 Å². The van der Waals surface area contributed by atoms with Gasteiger partial charge in [-0.3, -0.25) is 0 Å². The maximum absolute atomic E-state index is 11.1. The zero-order valence-electron chi connectivity index (χ0n) is 7.56. The number of carbonyl (C=O) groups excluding carboxylic acids is 1. The summed E-state index contributed by atoms with van der Waals surface area (Å²) in [6, 6.07) is 0. The summed E-state index contributed by atoms with van der Waals surface area (Å²) in [6.07, 6.45) is 1.36. The summed E-state index contributed by atoms with van der Waals surface area (Å²) in [7, 11) is 1.53. The molecule has 0 spiro atoms. The van der Waals surface area contributed by atoms with Crippen LogP contribution in [-0.4, -0.2) is 37.4 Å². The Morgan fingerprint density at radius 2 is 2.38 bits per heavy atom. The average Bonchev–Trinajstić information content (AvgIpc) is 2.18. The van der Waals surface area contributed by atoms with E-state index in [1.807, 2.05) is 0 Å². The summed E-state index contributed by atoms with van der Waals surface area (Å²) < 4.78 is 14.6. The van der Waals surface area contributed by atoms with Crippen LogP contribution in [0.3, 0.4) is 0 Å². The number of aliphatic hydroxyl groups excluding tert-OH is 1. The maximum Gasteiger partial charge on any atom is 0.337 e. The highest BCUT2D eigenvalue weighted by molar-refractivity contribution is 5.74. The smallest absolute Gasteiger partial charge is 0.337 e. The van der Waals surface area contributed by atoms with E-state index in [-0.39, 0.29) is 6.29 Å². The number of ether oxygens (including phenoxy) is 3. The normalized spacial score (nSPS) is 28.5. The van der Waals surface area contributed by atoms with Crippen molar-refractivity contribution in [3.63, 3.8) is 0 Å². The van der Waals surface area contributed by atoms with Crippen molar-refractivity contribution in [2.75, 3.05) is 13.9 Å². The average molecular weight is 190 g/mol. The van der Waals surface area contributed by atoms with Crippen LogP contribution in [0.4, 0.5) is 0 Å². The fraction of sp³-hybridized carbons (Fsp3) is 0.875. The molecule has 1 heterocycles. The molecule has 0 bridgehead atoms. The number of rotatable bonds is 3. The van der Waals surface area contributed by atoms with Crippen LogP contribution in [0, 0.1) is 0 Å². The molecule has 1 N–H and O–H groups in total. The van der Waals surface area contributed by atoms with Gasteiger partial charge in [-0.25, -0.2) is 4.79 Å². The van der Waals surface area contributed by atoms with E-state index >= 15 is 0 Å². The van der Waals surface area contributed by atoms with E-state index in [1.54, 1.807) is 0 Å². The van der Waals surface area contributed by atoms with E-state index in [2.05, 4.69) is 4.74 Å². The van der Waals surface area contributed by atoms with Gasteiger partial charge in [-0.05, 0) is 19.3 Å². The van der Waals surface area contributed by atoms with Gasteiger partial charge in [0, 0.05) is 7.11 Å². The largest absolute Gasteiger partial charge is 0.437 e. The number of carbonyl (C=O) groups is 1. The standard InChI is InChI=1S/C8H14O5/c1-11-7-4-2-3-6(13-7)8(10)12-5-9/h6-7,9H,2-5H2,1H3. The predicted molar refractivity (Wildman–Crippen MR) is 42.7 cm³/mol. The monoisotopic (exact) mass is 190 g/mol. The summed E-state index contributed by atoms with van der Waals surface area (Å²) in [5.41, 5.74) is 0. The highest BCUT2D eigenvalue weighted by Crippen LogP contribution is 2.20. The van der Waals surface area contributed by atoms with Crippen molar-refractivity contribution < 1.29 is 24.1 Å². The first-order chi connectivity index (χ1) is 6.27. The summed E-state index contributed by atoms with van der Waals surface area (Å²) >= 11 is 0. The molecule has 0 aliphatic carbocycles. The molecule has 5 heteroatoms. The van der Waals surface area contributed by atoms with Gasteiger partial charge in [0.1, 0.15) is 0 Å². The second-order valence-corrected chi connectivity index (χ2v) is 2.81. The molecule has 0 saturated carbocycles. The quantitative estimate of drug-likeness (QED) is 0.502. The molecule has 1 aliphatic rings. The second-order valence-electron chi connectivity index (χ2n) is 2.81. The Balaban J connectivity index is 2.37. The first-order valence-electron chi connectivity index (χ1n) is 4.23. The molecule has 0 aromatic carbocycles. The number of hydrogen-bond donors (Lipinski definition) is 1. The lowest BCUT2D eigenvalue weighted by Gasteiger charge is -2.27. The first-order valence-corrected chi connectivity index (χ1v) is 4.23. The molecule has 13 heavy (non-hydrogen) atoms. The third kappa shape index (κ3) is 2.95. The Morgan fingerprint density at radius 3 is 3.00 bits per heavy atom. The number of esters is 1. The SMILES string of the molecule is COC1CCCC(C(=O)OCO)O1. The summed E-state index contributed by atoms with van der Waals surface area (Å²) in [5, 5.41) is 8.36. The van der Waals surface area contributed by atoms with Crippen molar-refractivity contribution in [3.8, 4) is 0 Å². The van der Waals surface area contributed by atoms with Gasteiger partial charge in [-0.2, -0.15) is 0 Å². The fourth-order valence-corrected chi connectivity index (χ4v) is 1.29. The van der Waals surface area contributed by atoms with Crippen molar-refractivity contribution >= 4 is 5.97 Å². The van der Waals surface area contributed by atoms with E-state index in [0.29, 0.717) is 6.42 Å². The van der Waals surface area contributed by atoms with Gasteiger partial charge in [0.15, 0.2) is 19.2 Å². The molecule has 76 valence electrons. The van der Waals surface area contributed by atoms with E-state index in [9.17, 15) is 4.79 Å². The lowest BCUT2D eigenvalue weighted by atomic mass is 10.1. The molecule has 0 aromatic rings. The van der Waals surface area contributed by atoms with Gasteiger partial charge in [-0.1, -0.05) is 0 Å². The molecular formula is C8H14O5. The molecule has 0 radical (unpaired) electrons. The number of aliphatic hydroxyl groups is 1. The lowest BCUT2D eigenvalue weighted by molar-refractivity contribution is -0.205. The van der Waals surface area contributed by atoms with Crippen molar-refractivity contribution in [3.05, 3.63) is 0 Å². The molecule has 5 nitrogen and oxygen atoms in total. The van der Waals surface area contributed by atoms with Gasteiger partial charge in [-0.15, -0.1) is 0 Å². The Bertz CT molecular complexity index is 170. The van der Waals surface area contributed by atoms with Crippen LogP contribution in [0.15, 0.2) is 0 Å². The highest BCUT2D eigenvalue weighted by atomic mass is 16.7. The van der Waals surface area contributed by atoms with Crippen molar-refractivity contribution in [2.24, 2.45) is 0 Å². The molecule has 2 unspecified atom stereocenters. The van der Waals surface area contributed by atoms with Crippen LogP contribution < -0.4 is 0 Å². The number of methoxy groups -OCH3 is 1. The van der Waals surface area contributed by atoms with Gasteiger partial charge in [0.2, 0.25) is 0 Å². The van der Waals surface area contributed by atoms with Crippen LogP contribution in [0.25, 0.3) is 0 Å². The molecule has 1 aliphatic heterocycles. The summed E-state index contributed by atoms with van der Waals surface area (Å²) in [6.45, 7) is -0.601. The Kier molecular flexibility index (Phi) is 4.14. The van der Waals surface area contributed by atoms with E-state index in [1.165, 1.54) is 7.11 Å². The Labute approximate surface area is 76.6 Å². The first kappa shape index (κ1) is 10.4. The maximum atomic E-state index is 11.1. The van der Waals surface area contributed by atoms with Crippen molar-refractivity contribution in [2.45, 2.75) is 31.7 Å². The lowest BCUT2D eigenvalue weighted by Crippen LogP contribution is -2.35. The third-order valence-electron chi connectivity index (χ3n) is 1.95.